The lowest BCUT2D eigenvalue weighted by Gasteiger charge is -2.12. The molecule has 0 saturated carbocycles. The van der Waals surface area contributed by atoms with Crippen LogP contribution in [0.4, 0.5) is 29.7 Å². The van der Waals surface area contributed by atoms with Crippen LogP contribution in [0.5, 0.6) is 0 Å². The Balaban J connectivity index is 1.93. The van der Waals surface area contributed by atoms with Gasteiger partial charge in [0.2, 0.25) is 0 Å². The molecule has 0 bridgehead atoms. The molecule has 0 aliphatic carbocycles. The minimum absolute atomic E-state index is 0.116. The molecule has 2 aromatic carbocycles. The van der Waals surface area contributed by atoms with Crippen LogP contribution < -0.4 is 5.32 Å². The van der Waals surface area contributed by atoms with E-state index in [0.717, 1.165) is 17.4 Å². The van der Waals surface area contributed by atoms with E-state index in [1.807, 2.05) is 0 Å². The van der Waals surface area contributed by atoms with E-state index < -0.39 is 16.7 Å². The van der Waals surface area contributed by atoms with Gasteiger partial charge in [-0.1, -0.05) is 24.3 Å². The minimum atomic E-state index is -4.50. The summed E-state index contributed by atoms with van der Waals surface area (Å²) in [6.07, 6.45) is -4.50. The maximum Gasteiger partial charge on any atom is 0.418 e. The smallest absolute Gasteiger partial charge is 0.331 e. The van der Waals surface area contributed by atoms with E-state index in [2.05, 4.69) is 10.3 Å². The fourth-order valence-corrected chi connectivity index (χ4v) is 2.98. The van der Waals surface area contributed by atoms with Gasteiger partial charge in [-0.05, 0) is 18.2 Å². The summed E-state index contributed by atoms with van der Waals surface area (Å²) >= 11 is 1.07. The van der Waals surface area contributed by atoms with Crippen molar-refractivity contribution >= 4 is 27.8 Å². The van der Waals surface area contributed by atoms with Gasteiger partial charge in [0, 0.05) is 11.4 Å². The molecule has 25 heavy (non-hydrogen) atoms. The fourth-order valence-electron chi connectivity index (χ4n) is 2.26. The molecule has 0 radical (unpaired) electrons. The second kappa shape index (κ2) is 6.52. The molecule has 1 N–H and O–H groups in total. The number of nitrogens with zero attached hydrogens (tertiary/aromatic N) is 2. The molecule has 5 nitrogen and oxygen atoms in total. The first-order valence-corrected chi connectivity index (χ1v) is 7.87. The summed E-state index contributed by atoms with van der Waals surface area (Å²) in [6.45, 7) is 0. The van der Waals surface area contributed by atoms with Crippen LogP contribution in [0, 0.1) is 10.1 Å². The van der Waals surface area contributed by atoms with Gasteiger partial charge in [0.05, 0.1) is 27.4 Å². The normalized spacial score (nSPS) is 11.3. The number of hydrogen-bond donors (Lipinski definition) is 1. The Hall–Kier alpha value is -2.94. The van der Waals surface area contributed by atoms with Gasteiger partial charge in [-0.3, -0.25) is 10.1 Å². The molecule has 0 fully saturated rings. The molecule has 3 aromatic rings. The van der Waals surface area contributed by atoms with Gasteiger partial charge >= 0.3 is 6.18 Å². The molecule has 0 unspecified atom stereocenters. The van der Waals surface area contributed by atoms with E-state index in [1.54, 1.807) is 17.5 Å². The van der Waals surface area contributed by atoms with E-state index in [4.69, 9.17) is 0 Å². The summed E-state index contributed by atoms with van der Waals surface area (Å²) in [5.41, 5.74) is -0.420. The number of aromatic nitrogens is 1. The quantitative estimate of drug-likeness (QED) is 0.491. The number of anilines is 2. The number of para-hydroxylation sites is 2. The second-order valence-electron chi connectivity index (χ2n) is 4.98. The highest BCUT2D eigenvalue weighted by Crippen LogP contribution is 2.37. The Labute approximate surface area is 143 Å². The molecule has 0 aliphatic rings. The molecule has 128 valence electrons. The van der Waals surface area contributed by atoms with Gasteiger partial charge in [0.25, 0.3) is 5.69 Å². The zero-order valence-corrected chi connectivity index (χ0v) is 13.3. The number of alkyl halides is 3. The number of nitrogens with one attached hydrogen (secondary N) is 1. The van der Waals surface area contributed by atoms with Crippen molar-refractivity contribution in [2.75, 3.05) is 5.32 Å². The topological polar surface area (TPSA) is 68.1 Å². The minimum Gasteiger partial charge on any atom is -0.331 e. The highest BCUT2D eigenvalue weighted by molar-refractivity contribution is 7.14. The molecular weight excluding hydrogens is 355 g/mol. The van der Waals surface area contributed by atoms with Crippen LogP contribution in [0.25, 0.3) is 11.3 Å². The number of nitro groups is 1. The van der Waals surface area contributed by atoms with Gasteiger partial charge in [0.15, 0.2) is 5.13 Å². The van der Waals surface area contributed by atoms with Crippen LogP contribution in [0.3, 0.4) is 0 Å². The number of nitro benzene ring substituents is 1. The molecule has 0 saturated heterocycles. The molecule has 3 rings (SSSR count). The largest absolute Gasteiger partial charge is 0.418 e. The van der Waals surface area contributed by atoms with E-state index in [9.17, 15) is 23.3 Å². The highest BCUT2D eigenvalue weighted by Gasteiger charge is 2.33. The summed E-state index contributed by atoms with van der Waals surface area (Å²) in [4.78, 5) is 14.7. The van der Waals surface area contributed by atoms with Crippen LogP contribution in [-0.2, 0) is 6.18 Å². The van der Waals surface area contributed by atoms with Crippen LogP contribution >= 0.6 is 11.3 Å². The molecule has 0 aliphatic heterocycles. The van der Waals surface area contributed by atoms with Gasteiger partial charge in [-0.25, -0.2) is 4.98 Å². The summed E-state index contributed by atoms with van der Waals surface area (Å²) in [5.74, 6) is 0. The third-order valence-electron chi connectivity index (χ3n) is 3.35. The number of thiazole rings is 1. The van der Waals surface area contributed by atoms with Crippen molar-refractivity contribution in [3.8, 4) is 11.3 Å². The molecule has 9 heteroatoms. The lowest BCUT2D eigenvalue weighted by Crippen LogP contribution is -2.08. The Morgan fingerprint density at radius 3 is 2.48 bits per heavy atom. The second-order valence-corrected chi connectivity index (χ2v) is 5.84. The van der Waals surface area contributed by atoms with Gasteiger partial charge in [-0.2, -0.15) is 13.2 Å². The lowest BCUT2D eigenvalue weighted by molar-refractivity contribution is -0.384. The van der Waals surface area contributed by atoms with Crippen molar-refractivity contribution in [1.82, 2.24) is 4.98 Å². The number of rotatable bonds is 4. The van der Waals surface area contributed by atoms with Crippen molar-refractivity contribution in [2.45, 2.75) is 6.18 Å². The third kappa shape index (κ3) is 3.61. The molecule has 0 spiro atoms. The van der Waals surface area contributed by atoms with Gasteiger partial charge in [0.1, 0.15) is 0 Å². The monoisotopic (exact) mass is 365 g/mol. The van der Waals surface area contributed by atoms with E-state index in [1.165, 1.54) is 30.3 Å². The van der Waals surface area contributed by atoms with Crippen molar-refractivity contribution in [3.05, 3.63) is 69.6 Å². The Bertz CT molecular complexity index is 925. The third-order valence-corrected chi connectivity index (χ3v) is 4.11. The van der Waals surface area contributed by atoms with Crippen molar-refractivity contribution in [3.63, 3.8) is 0 Å². The predicted octanol–water partition coefficient (Wildman–Crippen LogP) is 5.48. The fraction of sp³-hybridized carbons (Fsp3) is 0.0625. The highest BCUT2D eigenvalue weighted by atomic mass is 32.1. The van der Waals surface area contributed by atoms with Crippen LogP contribution in [0.1, 0.15) is 5.56 Å². The number of hydrogen-bond acceptors (Lipinski definition) is 5. The molecule has 0 atom stereocenters. The zero-order chi connectivity index (χ0) is 18.0. The van der Waals surface area contributed by atoms with Gasteiger partial charge in [-0.15, -0.1) is 11.3 Å². The van der Waals surface area contributed by atoms with Crippen LogP contribution in [0.2, 0.25) is 0 Å². The molecule has 1 aromatic heterocycles. The first kappa shape index (κ1) is 16.9. The number of benzene rings is 2. The predicted molar refractivity (Wildman–Crippen MR) is 88.9 cm³/mol. The molecular formula is C16H10F3N3O2S. The first-order chi connectivity index (χ1) is 11.9. The van der Waals surface area contributed by atoms with Crippen LogP contribution in [0.15, 0.2) is 53.9 Å². The number of halogens is 3. The average molecular weight is 365 g/mol. The van der Waals surface area contributed by atoms with E-state index in [0.29, 0.717) is 11.3 Å². The maximum atomic E-state index is 13.0. The van der Waals surface area contributed by atoms with Gasteiger partial charge < -0.3 is 5.32 Å². The molecule has 0 amide bonds. The Morgan fingerprint density at radius 1 is 1.08 bits per heavy atom. The van der Waals surface area contributed by atoms with Crippen molar-refractivity contribution < 1.29 is 18.1 Å². The van der Waals surface area contributed by atoms with E-state index in [-0.39, 0.29) is 16.5 Å². The zero-order valence-electron chi connectivity index (χ0n) is 12.4. The summed E-state index contributed by atoms with van der Waals surface area (Å²) in [6, 6.07) is 11.1. The van der Waals surface area contributed by atoms with E-state index >= 15 is 0 Å². The standard InChI is InChI=1S/C16H10F3N3O2S/c17-16(18,19)11-6-2-3-7-12(11)20-15-21-13(9-25-15)10-5-1-4-8-14(10)22(23)24/h1-9H,(H,20,21). The van der Waals surface area contributed by atoms with Crippen LogP contribution in [-0.4, -0.2) is 9.91 Å². The maximum absolute atomic E-state index is 13.0. The lowest BCUT2D eigenvalue weighted by atomic mass is 10.1. The summed E-state index contributed by atoms with van der Waals surface area (Å²) in [7, 11) is 0. The van der Waals surface area contributed by atoms with Crippen molar-refractivity contribution in [1.29, 1.82) is 0 Å². The van der Waals surface area contributed by atoms with Crippen molar-refractivity contribution in [2.24, 2.45) is 0 Å². The SMILES string of the molecule is O=[N+]([O-])c1ccccc1-c1csc(Nc2ccccc2C(F)(F)F)n1. The summed E-state index contributed by atoms with van der Waals surface area (Å²) in [5, 5.41) is 15.5. The molecule has 1 heterocycles. The Kier molecular flexibility index (Phi) is 4.41. The average Bonchev–Trinajstić information content (AvgIpc) is 3.02. The Morgan fingerprint density at radius 2 is 1.76 bits per heavy atom. The first-order valence-electron chi connectivity index (χ1n) is 6.99. The summed E-state index contributed by atoms with van der Waals surface area (Å²) < 4.78 is 39.1.